The molecular formula is C8H14N2OS. The SMILES string of the molecule is CC(C)(N)COCc1cscn1. The van der Waals surface area contributed by atoms with Gasteiger partial charge in [-0.1, -0.05) is 0 Å². The van der Waals surface area contributed by atoms with Crippen molar-refractivity contribution in [3.63, 3.8) is 0 Å². The van der Waals surface area contributed by atoms with Crippen molar-refractivity contribution in [3.8, 4) is 0 Å². The first kappa shape index (κ1) is 9.64. The fourth-order valence-electron chi connectivity index (χ4n) is 0.727. The molecule has 12 heavy (non-hydrogen) atoms. The molecular weight excluding hydrogens is 172 g/mol. The molecule has 0 amide bonds. The quantitative estimate of drug-likeness (QED) is 0.773. The van der Waals surface area contributed by atoms with Crippen molar-refractivity contribution in [1.82, 2.24) is 4.98 Å². The van der Waals surface area contributed by atoms with Crippen LogP contribution in [0.15, 0.2) is 10.9 Å². The number of aromatic nitrogens is 1. The lowest BCUT2D eigenvalue weighted by atomic mass is 10.1. The summed E-state index contributed by atoms with van der Waals surface area (Å²) in [4.78, 5) is 4.09. The first-order chi connectivity index (χ1) is 5.58. The van der Waals surface area contributed by atoms with E-state index in [1.165, 1.54) is 0 Å². The maximum absolute atomic E-state index is 5.73. The minimum absolute atomic E-state index is 0.254. The van der Waals surface area contributed by atoms with Crippen LogP contribution >= 0.6 is 11.3 Å². The Hall–Kier alpha value is -0.450. The van der Waals surface area contributed by atoms with E-state index in [2.05, 4.69) is 4.98 Å². The van der Waals surface area contributed by atoms with E-state index in [1.807, 2.05) is 19.2 Å². The number of nitrogens with two attached hydrogens (primary N) is 1. The van der Waals surface area contributed by atoms with Crippen LogP contribution in [0.4, 0.5) is 0 Å². The summed E-state index contributed by atoms with van der Waals surface area (Å²) in [7, 11) is 0. The van der Waals surface area contributed by atoms with Crippen LogP contribution in [-0.2, 0) is 11.3 Å². The zero-order chi connectivity index (χ0) is 9.03. The van der Waals surface area contributed by atoms with Crippen molar-refractivity contribution in [2.24, 2.45) is 5.73 Å². The fraction of sp³-hybridized carbons (Fsp3) is 0.625. The molecule has 0 fully saturated rings. The van der Waals surface area contributed by atoms with Gasteiger partial charge in [0.25, 0.3) is 0 Å². The van der Waals surface area contributed by atoms with Gasteiger partial charge in [-0.3, -0.25) is 0 Å². The summed E-state index contributed by atoms with van der Waals surface area (Å²) in [5, 5.41) is 1.98. The smallest absolute Gasteiger partial charge is 0.0897 e. The molecule has 1 aromatic rings. The summed E-state index contributed by atoms with van der Waals surface area (Å²) in [5.41, 5.74) is 8.25. The highest BCUT2D eigenvalue weighted by Gasteiger charge is 2.10. The normalized spacial score (nSPS) is 11.9. The predicted molar refractivity (Wildman–Crippen MR) is 50.0 cm³/mol. The topological polar surface area (TPSA) is 48.1 Å². The van der Waals surface area contributed by atoms with Gasteiger partial charge in [-0.05, 0) is 13.8 Å². The highest BCUT2D eigenvalue weighted by Crippen LogP contribution is 2.04. The van der Waals surface area contributed by atoms with Gasteiger partial charge < -0.3 is 10.5 Å². The first-order valence-electron chi connectivity index (χ1n) is 3.82. The molecule has 1 aromatic heterocycles. The third kappa shape index (κ3) is 3.80. The van der Waals surface area contributed by atoms with E-state index in [4.69, 9.17) is 10.5 Å². The number of nitrogens with zero attached hydrogens (tertiary/aromatic N) is 1. The number of hydrogen-bond acceptors (Lipinski definition) is 4. The van der Waals surface area contributed by atoms with Crippen LogP contribution in [0.2, 0.25) is 0 Å². The van der Waals surface area contributed by atoms with Crippen molar-refractivity contribution in [2.45, 2.75) is 26.0 Å². The van der Waals surface area contributed by atoms with Crippen LogP contribution in [0, 0.1) is 0 Å². The monoisotopic (exact) mass is 186 g/mol. The molecule has 2 N–H and O–H groups in total. The second-order valence-electron chi connectivity index (χ2n) is 3.46. The van der Waals surface area contributed by atoms with Crippen LogP contribution in [0.1, 0.15) is 19.5 Å². The summed E-state index contributed by atoms with van der Waals surface area (Å²) in [5.74, 6) is 0. The van der Waals surface area contributed by atoms with Crippen LogP contribution in [0.5, 0.6) is 0 Å². The summed E-state index contributed by atoms with van der Waals surface area (Å²) in [6.45, 7) is 5.00. The minimum atomic E-state index is -0.254. The number of rotatable bonds is 4. The van der Waals surface area contributed by atoms with E-state index in [9.17, 15) is 0 Å². The van der Waals surface area contributed by atoms with E-state index in [1.54, 1.807) is 16.8 Å². The fourth-order valence-corrected chi connectivity index (χ4v) is 1.27. The Bertz CT molecular complexity index is 215. The second kappa shape index (κ2) is 3.98. The van der Waals surface area contributed by atoms with Crippen molar-refractivity contribution in [1.29, 1.82) is 0 Å². The molecule has 0 aliphatic heterocycles. The first-order valence-corrected chi connectivity index (χ1v) is 4.76. The molecule has 0 aromatic carbocycles. The van der Waals surface area contributed by atoms with Crippen molar-refractivity contribution >= 4 is 11.3 Å². The van der Waals surface area contributed by atoms with Gasteiger partial charge in [0.15, 0.2) is 0 Å². The van der Waals surface area contributed by atoms with Crippen molar-refractivity contribution < 1.29 is 4.74 Å². The van der Waals surface area contributed by atoms with Gasteiger partial charge in [0, 0.05) is 10.9 Å². The molecule has 68 valence electrons. The van der Waals surface area contributed by atoms with Crippen LogP contribution in [0.3, 0.4) is 0 Å². The highest BCUT2D eigenvalue weighted by atomic mass is 32.1. The predicted octanol–water partition coefficient (Wildman–Crippen LogP) is 1.40. The average Bonchev–Trinajstić information content (AvgIpc) is 2.36. The Kier molecular flexibility index (Phi) is 3.20. The standard InChI is InChI=1S/C8H14N2OS/c1-8(2,9)5-11-3-7-4-12-6-10-7/h4,6H,3,5,9H2,1-2H3. The summed E-state index contributed by atoms with van der Waals surface area (Å²) < 4.78 is 5.36. The highest BCUT2D eigenvalue weighted by molar-refractivity contribution is 7.07. The molecule has 0 saturated carbocycles. The van der Waals surface area contributed by atoms with Gasteiger partial charge in [0.2, 0.25) is 0 Å². The minimum Gasteiger partial charge on any atom is -0.373 e. The molecule has 1 rings (SSSR count). The van der Waals surface area contributed by atoms with E-state index in [0.29, 0.717) is 13.2 Å². The molecule has 0 aliphatic rings. The van der Waals surface area contributed by atoms with E-state index >= 15 is 0 Å². The largest absolute Gasteiger partial charge is 0.373 e. The van der Waals surface area contributed by atoms with Gasteiger partial charge >= 0.3 is 0 Å². The Balaban J connectivity index is 2.20. The number of thiazole rings is 1. The van der Waals surface area contributed by atoms with Gasteiger partial charge in [-0.15, -0.1) is 11.3 Å². The van der Waals surface area contributed by atoms with Crippen LogP contribution < -0.4 is 5.73 Å². The maximum Gasteiger partial charge on any atom is 0.0897 e. The van der Waals surface area contributed by atoms with Gasteiger partial charge in [-0.2, -0.15) is 0 Å². The van der Waals surface area contributed by atoms with E-state index < -0.39 is 0 Å². The number of hydrogen-bond donors (Lipinski definition) is 1. The van der Waals surface area contributed by atoms with Crippen LogP contribution in [0.25, 0.3) is 0 Å². The molecule has 0 aliphatic carbocycles. The number of ether oxygens (including phenoxy) is 1. The molecule has 0 atom stereocenters. The Labute approximate surface area is 76.6 Å². The summed E-state index contributed by atoms with van der Waals surface area (Å²) in [6, 6.07) is 0. The van der Waals surface area contributed by atoms with Gasteiger partial charge in [0.1, 0.15) is 0 Å². The maximum atomic E-state index is 5.73. The summed E-state index contributed by atoms with van der Waals surface area (Å²) in [6.07, 6.45) is 0. The zero-order valence-electron chi connectivity index (χ0n) is 7.41. The lowest BCUT2D eigenvalue weighted by Crippen LogP contribution is -2.37. The summed E-state index contributed by atoms with van der Waals surface area (Å²) >= 11 is 1.58. The lowest BCUT2D eigenvalue weighted by molar-refractivity contribution is 0.0833. The zero-order valence-corrected chi connectivity index (χ0v) is 8.23. The second-order valence-corrected chi connectivity index (χ2v) is 4.18. The Morgan fingerprint density at radius 1 is 1.67 bits per heavy atom. The molecule has 1 heterocycles. The molecule has 0 unspecified atom stereocenters. The third-order valence-electron chi connectivity index (χ3n) is 1.21. The molecule has 0 radical (unpaired) electrons. The Morgan fingerprint density at radius 2 is 2.42 bits per heavy atom. The third-order valence-corrected chi connectivity index (χ3v) is 1.84. The lowest BCUT2D eigenvalue weighted by Gasteiger charge is -2.17. The van der Waals surface area contributed by atoms with Crippen LogP contribution in [-0.4, -0.2) is 17.1 Å². The average molecular weight is 186 g/mol. The van der Waals surface area contributed by atoms with Crippen molar-refractivity contribution in [2.75, 3.05) is 6.61 Å². The molecule has 0 spiro atoms. The Morgan fingerprint density at radius 3 is 2.92 bits per heavy atom. The molecule has 0 saturated heterocycles. The van der Waals surface area contributed by atoms with Gasteiger partial charge in [-0.25, -0.2) is 4.98 Å². The van der Waals surface area contributed by atoms with E-state index in [-0.39, 0.29) is 5.54 Å². The molecule has 0 bridgehead atoms. The van der Waals surface area contributed by atoms with Gasteiger partial charge in [0.05, 0.1) is 24.4 Å². The molecule has 3 nitrogen and oxygen atoms in total. The van der Waals surface area contributed by atoms with E-state index in [0.717, 1.165) is 5.69 Å². The van der Waals surface area contributed by atoms with Crippen molar-refractivity contribution in [3.05, 3.63) is 16.6 Å². The molecule has 4 heteroatoms.